The van der Waals surface area contributed by atoms with Crippen LogP contribution in [-0.2, 0) is 4.79 Å². The van der Waals surface area contributed by atoms with Crippen LogP contribution in [0.3, 0.4) is 0 Å². The first-order valence-electron chi connectivity index (χ1n) is 5.92. The standard InChI is InChI=1S/C14H11ClN4OS/c15-11-5-10(2-1-9(11)6-16)19-14(20)8-21-13-3-4-18-7-12(13)17/h1-5,7H,8,17H2,(H,19,20). The molecule has 7 heteroatoms. The highest BCUT2D eigenvalue weighted by Crippen LogP contribution is 2.24. The van der Waals surface area contributed by atoms with Crippen LogP contribution in [0.25, 0.3) is 0 Å². The maximum atomic E-state index is 11.9. The zero-order valence-electron chi connectivity index (χ0n) is 10.8. The molecular formula is C14H11ClN4OS. The van der Waals surface area contributed by atoms with Crippen molar-refractivity contribution < 1.29 is 4.79 Å². The molecule has 0 fully saturated rings. The minimum absolute atomic E-state index is 0.183. The Morgan fingerprint density at radius 3 is 2.95 bits per heavy atom. The van der Waals surface area contributed by atoms with Crippen LogP contribution in [0.5, 0.6) is 0 Å². The molecule has 0 aliphatic carbocycles. The number of nitriles is 1. The van der Waals surface area contributed by atoms with E-state index < -0.39 is 0 Å². The van der Waals surface area contributed by atoms with Crippen LogP contribution >= 0.6 is 23.4 Å². The summed E-state index contributed by atoms with van der Waals surface area (Å²) in [4.78, 5) is 16.6. The van der Waals surface area contributed by atoms with E-state index in [1.165, 1.54) is 11.8 Å². The van der Waals surface area contributed by atoms with Crippen LogP contribution in [0.15, 0.2) is 41.6 Å². The van der Waals surface area contributed by atoms with Crippen LogP contribution in [-0.4, -0.2) is 16.6 Å². The van der Waals surface area contributed by atoms with Gasteiger partial charge in [-0.15, -0.1) is 11.8 Å². The highest BCUT2D eigenvalue weighted by atomic mass is 35.5. The van der Waals surface area contributed by atoms with Crippen LogP contribution in [0.1, 0.15) is 5.56 Å². The summed E-state index contributed by atoms with van der Waals surface area (Å²) in [5, 5.41) is 11.8. The number of benzene rings is 1. The van der Waals surface area contributed by atoms with Gasteiger partial charge in [-0.25, -0.2) is 0 Å². The van der Waals surface area contributed by atoms with E-state index in [9.17, 15) is 4.79 Å². The minimum atomic E-state index is -0.183. The number of carbonyl (C=O) groups is 1. The van der Waals surface area contributed by atoms with Gasteiger partial charge in [-0.2, -0.15) is 5.26 Å². The number of halogens is 1. The first-order chi connectivity index (χ1) is 10.1. The zero-order chi connectivity index (χ0) is 15.2. The molecule has 0 radical (unpaired) electrons. The van der Waals surface area contributed by atoms with Crippen molar-refractivity contribution in [1.29, 1.82) is 5.26 Å². The second-order valence-electron chi connectivity index (χ2n) is 4.06. The quantitative estimate of drug-likeness (QED) is 0.846. The van der Waals surface area contributed by atoms with Crippen molar-refractivity contribution in [3.8, 4) is 6.07 Å². The smallest absolute Gasteiger partial charge is 0.234 e. The third-order valence-electron chi connectivity index (χ3n) is 2.54. The van der Waals surface area contributed by atoms with Gasteiger partial charge >= 0.3 is 0 Å². The van der Waals surface area contributed by atoms with Gasteiger partial charge in [-0.1, -0.05) is 11.6 Å². The topological polar surface area (TPSA) is 91.8 Å². The van der Waals surface area contributed by atoms with Crippen molar-refractivity contribution in [2.75, 3.05) is 16.8 Å². The van der Waals surface area contributed by atoms with Crippen molar-refractivity contribution in [2.45, 2.75) is 4.90 Å². The number of nitrogens with two attached hydrogens (primary N) is 1. The number of aromatic nitrogens is 1. The van der Waals surface area contributed by atoms with Gasteiger partial charge < -0.3 is 11.1 Å². The molecule has 21 heavy (non-hydrogen) atoms. The monoisotopic (exact) mass is 318 g/mol. The normalized spacial score (nSPS) is 9.90. The fourth-order valence-corrected chi connectivity index (χ4v) is 2.51. The molecule has 2 rings (SSSR count). The van der Waals surface area contributed by atoms with E-state index in [0.717, 1.165) is 4.90 Å². The molecule has 5 nitrogen and oxygen atoms in total. The lowest BCUT2D eigenvalue weighted by Crippen LogP contribution is -2.14. The molecule has 0 aliphatic heterocycles. The van der Waals surface area contributed by atoms with Gasteiger partial charge in [0, 0.05) is 16.8 Å². The van der Waals surface area contributed by atoms with E-state index in [1.807, 2.05) is 6.07 Å². The Labute approximate surface area is 131 Å². The number of pyridine rings is 1. The molecule has 0 atom stereocenters. The second kappa shape index (κ2) is 6.97. The van der Waals surface area contributed by atoms with Crippen LogP contribution in [0.2, 0.25) is 5.02 Å². The number of rotatable bonds is 4. The van der Waals surface area contributed by atoms with E-state index in [-0.39, 0.29) is 11.7 Å². The Morgan fingerprint density at radius 2 is 2.29 bits per heavy atom. The second-order valence-corrected chi connectivity index (χ2v) is 5.48. The van der Waals surface area contributed by atoms with Gasteiger partial charge in [0.25, 0.3) is 0 Å². The number of nitrogen functional groups attached to an aromatic ring is 1. The number of anilines is 2. The number of hydrogen-bond acceptors (Lipinski definition) is 5. The summed E-state index contributed by atoms with van der Waals surface area (Å²) in [6, 6.07) is 8.46. The summed E-state index contributed by atoms with van der Waals surface area (Å²) in [7, 11) is 0. The lowest BCUT2D eigenvalue weighted by atomic mass is 10.2. The Bertz CT molecular complexity index is 714. The molecule has 1 heterocycles. The zero-order valence-corrected chi connectivity index (χ0v) is 12.4. The number of amides is 1. The van der Waals surface area contributed by atoms with Crippen LogP contribution in [0, 0.1) is 11.3 Å². The fraction of sp³-hybridized carbons (Fsp3) is 0.0714. The first kappa shape index (κ1) is 15.2. The fourth-order valence-electron chi connectivity index (χ4n) is 1.55. The number of hydrogen-bond donors (Lipinski definition) is 2. The third kappa shape index (κ3) is 4.12. The van der Waals surface area contributed by atoms with Gasteiger partial charge in [-0.3, -0.25) is 9.78 Å². The van der Waals surface area contributed by atoms with Crippen LogP contribution in [0.4, 0.5) is 11.4 Å². The van der Waals surface area contributed by atoms with E-state index in [2.05, 4.69) is 10.3 Å². The molecule has 0 aliphatic rings. The molecule has 0 unspecified atom stereocenters. The average molecular weight is 319 g/mol. The van der Waals surface area contributed by atoms with Crippen molar-refractivity contribution >= 4 is 40.6 Å². The Morgan fingerprint density at radius 1 is 1.48 bits per heavy atom. The number of thioether (sulfide) groups is 1. The highest BCUT2D eigenvalue weighted by Gasteiger charge is 2.07. The highest BCUT2D eigenvalue weighted by molar-refractivity contribution is 8.00. The van der Waals surface area contributed by atoms with Gasteiger partial charge in [-0.05, 0) is 24.3 Å². The molecule has 0 saturated carbocycles. The molecule has 1 aromatic heterocycles. The lowest BCUT2D eigenvalue weighted by molar-refractivity contribution is -0.113. The van der Waals surface area contributed by atoms with E-state index >= 15 is 0 Å². The molecule has 0 spiro atoms. The molecule has 0 bridgehead atoms. The van der Waals surface area contributed by atoms with E-state index in [1.54, 1.807) is 36.7 Å². The first-order valence-corrected chi connectivity index (χ1v) is 7.28. The predicted molar refractivity (Wildman–Crippen MR) is 84.2 cm³/mol. The maximum Gasteiger partial charge on any atom is 0.234 e. The molecule has 3 N–H and O–H groups in total. The summed E-state index contributed by atoms with van der Waals surface area (Å²) in [5.74, 6) is 0.0308. The van der Waals surface area contributed by atoms with Gasteiger partial charge in [0.15, 0.2) is 0 Å². The van der Waals surface area contributed by atoms with Crippen molar-refractivity contribution in [1.82, 2.24) is 4.98 Å². The molecule has 106 valence electrons. The summed E-state index contributed by atoms with van der Waals surface area (Å²) in [5.41, 5.74) is 7.20. The molecule has 1 aromatic carbocycles. The predicted octanol–water partition coefficient (Wildman–Crippen LogP) is 2.92. The van der Waals surface area contributed by atoms with Crippen LogP contribution < -0.4 is 11.1 Å². The molecule has 2 aromatic rings. The Kier molecular flexibility index (Phi) is 5.04. The number of nitrogens with one attached hydrogen (secondary N) is 1. The summed E-state index contributed by atoms with van der Waals surface area (Å²) < 4.78 is 0. The average Bonchev–Trinajstić information content (AvgIpc) is 2.46. The Balaban J connectivity index is 1.95. The molecule has 0 saturated heterocycles. The number of carbonyl (C=O) groups excluding carboxylic acids is 1. The van der Waals surface area contributed by atoms with Crippen molar-refractivity contribution in [3.05, 3.63) is 47.2 Å². The SMILES string of the molecule is N#Cc1ccc(NC(=O)CSc2ccncc2N)cc1Cl. The number of nitrogens with zero attached hydrogens (tertiary/aromatic N) is 2. The molecular weight excluding hydrogens is 308 g/mol. The lowest BCUT2D eigenvalue weighted by Gasteiger charge is -2.07. The Hall–Kier alpha value is -2.23. The largest absolute Gasteiger partial charge is 0.397 e. The minimum Gasteiger partial charge on any atom is -0.397 e. The molecule has 1 amide bonds. The third-order valence-corrected chi connectivity index (χ3v) is 3.94. The van der Waals surface area contributed by atoms with E-state index in [4.69, 9.17) is 22.6 Å². The van der Waals surface area contributed by atoms with E-state index in [0.29, 0.717) is 22.0 Å². The summed E-state index contributed by atoms with van der Waals surface area (Å²) in [6.45, 7) is 0. The van der Waals surface area contributed by atoms with Gasteiger partial charge in [0.05, 0.1) is 28.2 Å². The van der Waals surface area contributed by atoms with Crippen molar-refractivity contribution in [3.63, 3.8) is 0 Å². The summed E-state index contributed by atoms with van der Waals surface area (Å²) >= 11 is 7.23. The van der Waals surface area contributed by atoms with Gasteiger partial charge in [0.1, 0.15) is 6.07 Å². The van der Waals surface area contributed by atoms with Crippen molar-refractivity contribution in [2.24, 2.45) is 0 Å². The summed E-state index contributed by atoms with van der Waals surface area (Å²) in [6.07, 6.45) is 3.16. The maximum absolute atomic E-state index is 11.9. The van der Waals surface area contributed by atoms with Gasteiger partial charge in [0.2, 0.25) is 5.91 Å².